The van der Waals surface area contributed by atoms with Gasteiger partial charge in [-0.2, -0.15) is 0 Å². The minimum atomic E-state index is -0.924. The summed E-state index contributed by atoms with van der Waals surface area (Å²) in [6.07, 6.45) is 3.00. The van der Waals surface area contributed by atoms with Crippen LogP contribution < -0.4 is 21.3 Å². The van der Waals surface area contributed by atoms with Gasteiger partial charge in [0.15, 0.2) is 0 Å². The predicted molar refractivity (Wildman–Crippen MR) is 156 cm³/mol. The standard InChI is InChI=1S/C29H38N6O9/c1-18(31-24(37)15-30-23(36)12-13-35-26(39)10-11-27(35)40)28(41)32-21-8-6-20(7-9-21)17-44-29(42)34(3)16-25(38)33-22-5-4-14-43-19(22)2/h6-11,18-19,22H,4-5,12-17H2,1-3H3,(H,30,36)(H,31,37)(H,32,41)(H,33,38)/t18?,19-,22?/m0/s1. The molecule has 1 aromatic rings. The molecular weight excluding hydrogens is 576 g/mol. The van der Waals surface area contributed by atoms with Gasteiger partial charge in [0, 0.05) is 44.5 Å². The molecule has 15 heteroatoms. The molecule has 0 bridgehead atoms. The molecule has 1 aromatic carbocycles. The molecule has 0 saturated carbocycles. The second kappa shape index (κ2) is 16.2. The molecule has 0 aliphatic carbocycles. The van der Waals surface area contributed by atoms with Crippen molar-refractivity contribution < 1.29 is 43.0 Å². The van der Waals surface area contributed by atoms with E-state index in [4.69, 9.17) is 9.47 Å². The number of carbonyl (C=O) groups is 7. The Morgan fingerprint density at radius 2 is 1.73 bits per heavy atom. The first kappa shape index (κ1) is 33.7. The Morgan fingerprint density at radius 1 is 1.05 bits per heavy atom. The highest BCUT2D eigenvalue weighted by Crippen LogP contribution is 2.14. The maximum Gasteiger partial charge on any atom is 0.410 e. The van der Waals surface area contributed by atoms with Crippen LogP contribution in [0.25, 0.3) is 0 Å². The number of nitrogens with zero attached hydrogens (tertiary/aromatic N) is 2. The summed E-state index contributed by atoms with van der Waals surface area (Å²) in [6.45, 7) is 3.34. The van der Waals surface area contributed by atoms with Crippen LogP contribution in [0.3, 0.4) is 0 Å². The van der Waals surface area contributed by atoms with Gasteiger partial charge < -0.3 is 35.6 Å². The Morgan fingerprint density at radius 3 is 2.39 bits per heavy atom. The predicted octanol–water partition coefficient (Wildman–Crippen LogP) is -0.187. The zero-order valence-corrected chi connectivity index (χ0v) is 24.9. The van der Waals surface area contributed by atoms with Gasteiger partial charge in [-0.25, -0.2) is 4.79 Å². The highest BCUT2D eigenvalue weighted by atomic mass is 16.6. The second-order valence-electron chi connectivity index (χ2n) is 10.5. The molecule has 238 valence electrons. The Hall–Kier alpha value is -4.79. The van der Waals surface area contributed by atoms with Crippen molar-refractivity contribution in [2.75, 3.05) is 38.6 Å². The Balaban J connectivity index is 1.32. The van der Waals surface area contributed by atoms with Crippen LogP contribution in [0.15, 0.2) is 36.4 Å². The van der Waals surface area contributed by atoms with E-state index in [0.29, 0.717) is 17.9 Å². The lowest BCUT2D eigenvalue weighted by Crippen LogP contribution is -2.49. The molecule has 3 rings (SSSR count). The summed E-state index contributed by atoms with van der Waals surface area (Å²) in [5, 5.41) is 10.4. The van der Waals surface area contributed by atoms with Gasteiger partial charge in [-0.3, -0.25) is 33.7 Å². The molecule has 15 nitrogen and oxygen atoms in total. The van der Waals surface area contributed by atoms with Crippen LogP contribution in [-0.4, -0.2) is 103 Å². The van der Waals surface area contributed by atoms with E-state index in [2.05, 4.69) is 21.3 Å². The number of benzene rings is 1. The normalized spacial score (nSPS) is 18.3. The van der Waals surface area contributed by atoms with Gasteiger partial charge in [0.25, 0.3) is 11.8 Å². The van der Waals surface area contributed by atoms with E-state index in [0.717, 1.165) is 29.9 Å². The summed E-state index contributed by atoms with van der Waals surface area (Å²) < 4.78 is 10.8. The summed E-state index contributed by atoms with van der Waals surface area (Å²) in [6, 6.07) is 5.49. The lowest BCUT2D eigenvalue weighted by Gasteiger charge is -2.30. The number of hydrogen-bond donors (Lipinski definition) is 4. The number of anilines is 1. The average Bonchev–Trinajstić information content (AvgIpc) is 3.31. The van der Waals surface area contributed by atoms with Gasteiger partial charge in [0.1, 0.15) is 19.2 Å². The first-order chi connectivity index (χ1) is 20.9. The number of amides is 7. The van der Waals surface area contributed by atoms with Gasteiger partial charge in [-0.15, -0.1) is 0 Å². The highest BCUT2D eigenvalue weighted by Gasteiger charge is 2.25. The van der Waals surface area contributed by atoms with Crippen molar-refractivity contribution in [3.05, 3.63) is 42.0 Å². The summed E-state index contributed by atoms with van der Waals surface area (Å²) in [7, 11) is 1.47. The van der Waals surface area contributed by atoms with Crippen LogP contribution >= 0.6 is 0 Å². The van der Waals surface area contributed by atoms with Crippen molar-refractivity contribution in [2.45, 2.75) is 57.9 Å². The zero-order chi connectivity index (χ0) is 32.2. The molecule has 0 aromatic heterocycles. The van der Waals surface area contributed by atoms with E-state index in [-0.39, 0.29) is 44.2 Å². The maximum atomic E-state index is 12.5. The lowest BCUT2D eigenvalue weighted by atomic mass is 10.0. The molecule has 44 heavy (non-hydrogen) atoms. The molecule has 3 atom stereocenters. The molecule has 4 N–H and O–H groups in total. The minimum Gasteiger partial charge on any atom is -0.445 e. The molecule has 0 radical (unpaired) electrons. The molecule has 0 spiro atoms. The fourth-order valence-electron chi connectivity index (χ4n) is 4.33. The lowest BCUT2D eigenvalue weighted by molar-refractivity contribution is -0.137. The van der Waals surface area contributed by atoms with Gasteiger partial charge in [-0.05, 0) is 44.4 Å². The van der Waals surface area contributed by atoms with E-state index in [1.807, 2.05) is 6.92 Å². The number of nitrogens with one attached hydrogen (secondary N) is 4. The second-order valence-corrected chi connectivity index (χ2v) is 10.5. The number of ether oxygens (including phenoxy) is 2. The quantitative estimate of drug-likeness (QED) is 0.218. The number of likely N-dealkylation sites (N-methyl/N-ethyl adjacent to an activating group) is 1. The van der Waals surface area contributed by atoms with Crippen LogP contribution in [0.2, 0.25) is 0 Å². The van der Waals surface area contributed by atoms with Gasteiger partial charge in [-0.1, -0.05) is 12.1 Å². The van der Waals surface area contributed by atoms with Crippen LogP contribution in [-0.2, 0) is 44.8 Å². The topological polar surface area (TPSA) is 193 Å². The van der Waals surface area contributed by atoms with Crippen molar-refractivity contribution in [3.63, 3.8) is 0 Å². The summed E-state index contributed by atoms with van der Waals surface area (Å²) in [5.74, 6) is -2.94. The first-order valence-corrected chi connectivity index (χ1v) is 14.2. The smallest absolute Gasteiger partial charge is 0.410 e. The van der Waals surface area contributed by atoms with Crippen molar-refractivity contribution in [3.8, 4) is 0 Å². The maximum absolute atomic E-state index is 12.5. The third kappa shape index (κ3) is 10.5. The molecule has 1 fully saturated rings. The van der Waals surface area contributed by atoms with E-state index >= 15 is 0 Å². The number of carbonyl (C=O) groups excluding carboxylic acids is 7. The Bertz CT molecular complexity index is 1260. The van der Waals surface area contributed by atoms with E-state index in [9.17, 15) is 33.6 Å². The van der Waals surface area contributed by atoms with Gasteiger partial charge in [0.2, 0.25) is 23.6 Å². The monoisotopic (exact) mass is 614 g/mol. The van der Waals surface area contributed by atoms with Crippen molar-refractivity contribution in [1.29, 1.82) is 0 Å². The number of imide groups is 1. The van der Waals surface area contributed by atoms with Crippen molar-refractivity contribution in [1.82, 2.24) is 25.8 Å². The number of rotatable bonds is 13. The summed E-state index contributed by atoms with van der Waals surface area (Å²) in [5.41, 5.74) is 1.09. The van der Waals surface area contributed by atoms with Crippen LogP contribution in [0, 0.1) is 0 Å². The van der Waals surface area contributed by atoms with Crippen molar-refractivity contribution in [2.24, 2.45) is 0 Å². The average molecular weight is 615 g/mol. The van der Waals surface area contributed by atoms with Gasteiger partial charge in [0.05, 0.1) is 18.7 Å². The van der Waals surface area contributed by atoms with Crippen LogP contribution in [0.5, 0.6) is 0 Å². The molecule has 2 heterocycles. The molecule has 2 unspecified atom stereocenters. The zero-order valence-electron chi connectivity index (χ0n) is 24.9. The van der Waals surface area contributed by atoms with E-state index in [1.54, 1.807) is 24.3 Å². The fourth-order valence-corrected chi connectivity index (χ4v) is 4.33. The third-order valence-electron chi connectivity index (χ3n) is 6.91. The fraction of sp³-hybridized carbons (Fsp3) is 0.483. The first-order valence-electron chi connectivity index (χ1n) is 14.2. The molecule has 2 aliphatic rings. The molecule has 1 saturated heterocycles. The number of hydrogen-bond acceptors (Lipinski definition) is 9. The molecular formula is C29H38N6O9. The van der Waals surface area contributed by atoms with Crippen molar-refractivity contribution >= 4 is 47.2 Å². The van der Waals surface area contributed by atoms with Crippen LogP contribution in [0.4, 0.5) is 10.5 Å². The third-order valence-corrected chi connectivity index (χ3v) is 6.91. The van der Waals surface area contributed by atoms with Gasteiger partial charge >= 0.3 is 6.09 Å². The van der Waals surface area contributed by atoms with Crippen LogP contribution in [0.1, 0.15) is 38.7 Å². The Labute approximate surface area is 254 Å². The summed E-state index contributed by atoms with van der Waals surface area (Å²) in [4.78, 5) is 86.4. The summed E-state index contributed by atoms with van der Waals surface area (Å²) >= 11 is 0. The van der Waals surface area contributed by atoms with E-state index in [1.165, 1.54) is 18.9 Å². The SMILES string of the molecule is CC(NC(=O)CNC(=O)CCN1C(=O)C=CC1=O)C(=O)Nc1ccc(COC(=O)N(C)CC(=O)NC2CCCO[C@H]2C)cc1. The minimum absolute atomic E-state index is 0.0494. The Kier molecular flexibility index (Phi) is 12.4. The molecule has 2 aliphatic heterocycles. The highest BCUT2D eigenvalue weighted by molar-refractivity contribution is 6.13. The molecule has 7 amide bonds. The van der Waals surface area contributed by atoms with E-state index < -0.39 is 48.2 Å². The largest absolute Gasteiger partial charge is 0.445 e.